The van der Waals surface area contributed by atoms with Gasteiger partial charge in [0.2, 0.25) is 0 Å². The van der Waals surface area contributed by atoms with Gasteiger partial charge in [-0.2, -0.15) is 0 Å². The van der Waals surface area contributed by atoms with Gasteiger partial charge in [0.05, 0.1) is 9.02 Å². The van der Waals surface area contributed by atoms with Gasteiger partial charge in [-0.15, -0.1) is 0 Å². The Kier molecular flexibility index (Phi) is 2.98. The third kappa shape index (κ3) is 2.14. The normalized spacial score (nSPS) is 35.5. The molecule has 0 unspecified atom stereocenters. The number of rotatable bonds is 2. The summed E-state index contributed by atoms with van der Waals surface area (Å²) in [6.45, 7) is 0. The number of hydrogen-bond donors (Lipinski definition) is 1. The van der Waals surface area contributed by atoms with Crippen LogP contribution in [-0.2, 0) is 0 Å². The van der Waals surface area contributed by atoms with E-state index in [2.05, 4.69) is 52.9 Å². The van der Waals surface area contributed by atoms with Gasteiger partial charge in [-0.05, 0) is 50.0 Å². The van der Waals surface area contributed by atoms with Gasteiger partial charge in [-0.1, -0.05) is 52.9 Å². The second kappa shape index (κ2) is 4.23. The van der Waals surface area contributed by atoms with E-state index in [-0.39, 0.29) is 9.02 Å². The number of hydrogen-bond acceptors (Lipinski definition) is 1. The van der Waals surface area contributed by atoms with Crippen molar-refractivity contribution in [3.05, 3.63) is 35.9 Å². The first-order chi connectivity index (χ1) is 8.13. The maximum Gasteiger partial charge on any atom is 0.0793 e. The minimum atomic E-state index is -0.376. The first kappa shape index (κ1) is 12.0. The van der Waals surface area contributed by atoms with Crippen molar-refractivity contribution in [3.8, 4) is 0 Å². The molecule has 0 aromatic heterocycles. The molecule has 0 aliphatic heterocycles. The molecule has 1 nitrogen and oxygen atoms in total. The number of aliphatic hydroxyl groups is 1. The maximum atomic E-state index is 10.7. The van der Waals surface area contributed by atoms with Crippen molar-refractivity contribution in [2.75, 3.05) is 0 Å². The standard InChI is InChI=1S/C15H19IO/c16-14(10-11-14)15(17)8-6-13(7-9-15)12-4-2-1-3-5-12/h1-5,13,17H,6-11H2. The van der Waals surface area contributed by atoms with Gasteiger partial charge in [0.15, 0.2) is 0 Å². The van der Waals surface area contributed by atoms with Crippen LogP contribution in [0.15, 0.2) is 30.3 Å². The van der Waals surface area contributed by atoms with E-state index in [1.165, 1.54) is 18.4 Å². The number of benzene rings is 1. The molecular weight excluding hydrogens is 323 g/mol. The van der Waals surface area contributed by atoms with Crippen LogP contribution in [0.4, 0.5) is 0 Å². The fourth-order valence-electron chi connectivity index (χ4n) is 3.18. The number of alkyl halides is 1. The van der Waals surface area contributed by atoms with Gasteiger partial charge in [0.1, 0.15) is 0 Å². The topological polar surface area (TPSA) is 20.2 Å². The second-order valence-electron chi connectivity index (χ2n) is 5.68. The molecule has 2 fully saturated rings. The van der Waals surface area contributed by atoms with E-state index >= 15 is 0 Å². The van der Waals surface area contributed by atoms with Gasteiger partial charge in [-0.25, -0.2) is 0 Å². The predicted molar refractivity (Wildman–Crippen MR) is 78.6 cm³/mol. The van der Waals surface area contributed by atoms with Crippen molar-refractivity contribution in [2.45, 2.75) is 53.5 Å². The maximum absolute atomic E-state index is 10.7. The molecule has 2 heteroatoms. The molecule has 1 aromatic rings. The van der Waals surface area contributed by atoms with E-state index in [4.69, 9.17) is 0 Å². The van der Waals surface area contributed by atoms with Gasteiger partial charge >= 0.3 is 0 Å². The van der Waals surface area contributed by atoms with Crippen LogP contribution in [0, 0.1) is 0 Å². The van der Waals surface area contributed by atoms with Crippen molar-refractivity contribution in [1.29, 1.82) is 0 Å². The molecule has 0 atom stereocenters. The van der Waals surface area contributed by atoms with E-state index in [1.807, 2.05) is 0 Å². The summed E-state index contributed by atoms with van der Waals surface area (Å²) in [6.07, 6.45) is 6.67. The van der Waals surface area contributed by atoms with Crippen LogP contribution in [-0.4, -0.2) is 14.1 Å². The zero-order valence-electron chi connectivity index (χ0n) is 10.0. The Balaban J connectivity index is 1.69. The summed E-state index contributed by atoms with van der Waals surface area (Å²) in [5.41, 5.74) is 1.08. The van der Waals surface area contributed by atoms with Crippen LogP contribution in [0.5, 0.6) is 0 Å². The molecule has 0 radical (unpaired) electrons. The summed E-state index contributed by atoms with van der Waals surface area (Å²) in [6, 6.07) is 10.8. The first-order valence-corrected chi connectivity index (χ1v) is 7.67. The largest absolute Gasteiger partial charge is 0.389 e. The fraction of sp³-hybridized carbons (Fsp3) is 0.600. The molecule has 2 aliphatic rings. The molecule has 0 heterocycles. The Morgan fingerprint density at radius 1 is 1.00 bits per heavy atom. The van der Waals surface area contributed by atoms with Crippen molar-refractivity contribution in [3.63, 3.8) is 0 Å². The van der Waals surface area contributed by atoms with Crippen LogP contribution < -0.4 is 0 Å². The van der Waals surface area contributed by atoms with Crippen LogP contribution >= 0.6 is 22.6 Å². The van der Waals surface area contributed by atoms with E-state index in [1.54, 1.807) is 0 Å². The van der Waals surface area contributed by atoms with Crippen molar-refractivity contribution in [2.24, 2.45) is 0 Å². The zero-order valence-corrected chi connectivity index (χ0v) is 12.2. The van der Waals surface area contributed by atoms with Gasteiger partial charge in [0, 0.05) is 0 Å². The van der Waals surface area contributed by atoms with E-state index in [0.717, 1.165) is 25.7 Å². The summed E-state index contributed by atoms with van der Waals surface area (Å²) < 4.78 is 0.215. The molecule has 0 bridgehead atoms. The minimum absolute atomic E-state index is 0.215. The molecule has 0 spiro atoms. The summed E-state index contributed by atoms with van der Waals surface area (Å²) in [5, 5.41) is 10.7. The monoisotopic (exact) mass is 342 g/mol. The average Bonchev–Trinajstić information content (AvgIpc) is 3.11. The van der Waals surface area contributed by atoms with E-state index in [0.29, 0.717) is 5.92 Å². The first-order valence-electron chi connectivity index (χ1n) is 6.59. The highest BCUT2D eigenvalue weighted by Gasteiger charge is 2.57. The molecular formula is C15H19IO. The Morgan fingerprint density at radius 3 is 2.12 bits per heavy atom. The summed E-state index contributed by atoms with van der Waals surface area (Å²) in [4.78, 5) is 0. The van der Waals surface area contributed by atoms with Crippen LogP contribution in [0.1, 0.15) is 50.0 Å². The van der Waals surface area contributed by atoms with Crippen molar-refractivity contribution < 1.29 is 5.11 Å². The van der Waals surface area contributed by atoms with Crippen LogP contribution in [0.3, 0.4) is 0 Å². The Labute approximate surface area is 117 Å². The molecule has 3 rings (SSSR count). The quantitative estimate of drug-likeness (QED) is 0.635. The Hall–Kier alpha value is -0.0900. The minimum Gasteiger partial charge on any atom is -0.389 e. The van der Waals surface area contributed by atoms with Gasteiger partial charge < -0.3 is 5.11 Å². The fourth-order valence-corrected chi connectivity index (χ4v) is 3.99. The lowest BCUT2D eigenvalue weighted by molar-refractivity contribution is -0.00516. The number of halogens is 1. The zero-order chi connectivity index (χ0) is 11.9. The molecule has 1 aromatic carbocycles. The molecule has 2 aliphatic carbocycles. The van der Waals surface area contributed by atoms with E-state index < -0.39 is 0 Å². The SMILES string of the molecule is OC1(C2(I)CC2)CCC(c2ccccc2)CC1. The lowest BCUT2D eigenvalue weighted by Crippen LogP contribution is -2.43. The van der Waals surface area contributed by atoms with Crippen molar-refractivity contribution >= 4 is 22.6 Å². The third-order valence-corrected chi connectivity index (χ3v) is 6.69. The second-order valence-corrected chi connectivity index (χ2v) is 7.75. The van der Waals surface area contributed by atoms with Crippen LogP contribution in [0.2, 0.25) is 0 Å². The third-order valence-electron chi connectivity index (χ3n) is 4.61. The summed E-state index contributed by atoms with van der Waals surface area (Å²) in [7, 11) is 0. The lowest BCUT2D eigenvalue weighted by Gasteiger charge is -2.40. The molecule has 92 valence electrons. The molecule has 0 saturated heterocycles. The Bertz CT molecular complexity index is 389. The average molecular weight is 342 g/mol. The van der Waals surface area contributed by atoms with Crippen LogP contribution in [0.25, 0.3) is 0 Å². The highest BCUT2D eigenvalue weighted by molar-refractivity contribution is 14.1. The van der Waals surface area contributed by atoms with E-state index in [9.17, 15) is 5.11 Å². The smallest absolute Gasteiger partial charge is 0.0793 e. The van der Waals surface area contributed by atoms with Gasteiger partial charge in [0.25, 0.3) is 0 Å². The molecule has 1 N–H and O–H groups in total. The van der Waals surface area contributed by atoms with Gasteiger partial charge in [-0.3, -0.25) is 0 Å². The molecule has 17 heavy (non-hydrogen) atoms. The molecule has 0 amide bonds. The Morgan fingerprint density at radius 2 is 1.59 bits per heavy atom. The highest BCUT2D eigenvalue weighted by atomic mass is 127. The highest BCUT2D eigenvalue weighted by Crippen LogP contribution is 2.58. The predicted octanol–water partition coefficient (Wildman–Crippen LogP) is 4.04. The molecule has 2 saturated carbocycles. The summed E-state index contributed by atoms with van der Waals surface area (Å²) in [5.74, 6) is 0.662. The van der Waals surface area contributed by atoms with Crippen molar-refractivity contribution in [1.82, 2.24) is 0 Å². The lowest BCUT2D eigenvalue weighted by atomic mass is 9.74. The summed E-state index contributed by atoms with van der Waals surface area (Å²) >= 11 is 2.50.